The summed E-state index contributed by atoms with van der Waals surface area (Å²) >= 11 is 6.13. The number of aryl methyl sites for hydroxylation is 1. The molecule has 1 unspecified atom stereocenters. The lowest BCUT2D eigenvalue weighted by molar-refractivity contribution is 0.530. The minimum Gasteiger partial charge on any atom is -0.333 e. The predicted octanol–water partition coefficient (Wildman–Crippen LogP) is 4.04. The summed E-state index contributed by atoms with van der Waals surface area (Å²) in [5, 5.41) is 4.34. The van der Waals surface area contributed by atoms with Crippen molar-refractivity contribution in [3.63, 3.8) is 0 Å². The van der Waals surface area contributed by atoms with Crippen LogP contribution in [0.5, 0.6) is 0 Å². The second-order valence-corrected chi connectivity index (χ2v) is 5.36. The molecule has 20 heavy (non-hydrogen) atoms. The third-order valence-electron chi connectivity index (χ3n) is 3.25. The van der Waals surface area contributed by atoms with Gasteiger partial charge in [0.2, 0.25) is 0 Å². The topological polar surface area (TPSA) is 29.9 Å². The van der Waals surface area contributed by atoms with Gasteiger partial charge in [0, 0.05) is 24.0 Å². The van der Waals surface area contributed by atoms with Crippen molar-refractivity contribution in [1.29, 1.82) is 0 Å². The average Bonchev–Trinajstić information content (AvgIpc) is 2.88. The lowest BCUT2D eigenvalue weighted by atomic mass is 10.1. The van der Waals surface area contributed by atoms with Crippen LogP contribution in [0.15, 0.2) is 36.7 Å². The SMILES string of the molecule is CCCNC(c1cccc(Cl)c1)c1nccn1CCC. The lowest BCUT2D eigenvalue weighted by Crippen LogP contribution is -2.26. The fraction of sp³-hybridized carbons (Fsp3) is 0.438. The number of halogens is 1. The Kier molecular flexibility index (Phi) is 5.62. The molecule has 3 nitrogen and oxygen atoms in total. The number of imidazole rings is 1. The molecule has 0 aliphatic heterocycles. The quantitative estimate of drug-likeness (QED) is 0.834. The maximum atomic E-state index is 6.13. The van der Waals surface area contributed by atoms with Crippen molar-refractivity contribution in [3.05, 3.63) is 53.1 Å². The van der Waals surface area contributed by atoms with E-state index in [1.54, 1.807) is 0 Å². The second kappa shape index (κ2) is 7.46. The fourth-order valence-corrected chi connectivity index (χ4v) is 2.54. The normalized spacial score (nSPS) is 12.6. The largest absolute Gasteiger partial charge is 0.333 e. The van der Waals surface area contributed by atoms with Crippen molar-refractivity contribution in [1.82, 2.24) is 14.9 Å². The molecule has 4 heteroatoms. The minimum absolute atomic E-state index is 0.0928. The molecule has 0 saturated heterocycles. The molecule has 1 atom stereocenters. The Morgan fingerprint density at radius 2 is 2.15 bits per heavy atom. The summed E-state index contributed by atoms with van der Waals surface area (Å²) in [6.45, 7) is 6.29. The van der Waals surface area contributed by atoms with Gasteiger partial charge in [-0.25, -0.2) is 4.98 Å². The highest BCUT2D eigenvalue weighted by Crippen LogP contribution is 2.23. The molecule has 0 spiro atoms. The van der Waals surface area contributed by atoms with E-state index in [0.29, 0.717) is 0 Å². The van der Waals surface area contributed by atoms with E-state index in [4.69, 9.17) is 11.6 Å². The maximum Gasteiger partial charge on any atom is 0.130 e. The number of rotatable bonds is 7. The molecular formula is C16H22ClN3. The molecule has 1 N–H and O–H groups in total. The highest BCUT2D eigenvalue weighted by molar-refractivity contribution is 6.30. The summed E-state index contributed by atoms with van der Waals surface area (Å²) in [5.41, 5.74) is 1.16. The summed E-state index contributed by atoms with van der Waals surface area (Å²) in [6.07, 6.45) is 6.10. The van der Waals surface area contributed by atoms with Gasteiger partial charge in [-0.1, -0.05) is 37.6 Å². The van der Waals surface area contributed by atoms with Crippen LogP contribution in [-0.4, -0.2) is 16.1 Å². The zero-order chi connectivity index (χ0) is 14.4. The van der Waals surface area contributed by atoms with Gasteiger partial charge in [-0.2, -0.15) is 0 Å². The van der Waals surface area contributed by atoms with Crippen molar-refractivity contribution in [2.75, 3.05) is 6.54 Å². The minimum atomic E-state index is 0.0928. The van der Waals surface area contributed by atoms with E-state index in [0.717, 1.165) is 42.3 Å². The molecule has 0 bridgehead atoms. The average molecular weight is 292 g/mol. The van der Waals surface area contributed by atoms with Gasteiger partial charge in [0.15, 0.2) is 0 Å². The number of hydrogen-bond acceptors (Lipinski definition) is 2. The Bertz CT molecular complexity index is 536. The van der Waals surface area contributed by atoms with Crippen molar-refractivity contribution in [2.45, 2.75) is 39.3 Å². The van der Waals surface area contributed by atoms with Crippen LogP contribution in [0.3, 0.4) is 0 Å². The highest BCUT2D eigenvalue weighted by Gasteiger charge is 2.18. The second-order valence-electron chi connectivity index (χ2n) is 4.92. The molecule has 2 rings (SSSR count). The summed E-state index contributed by atoms with van der Waals surface area (Å²) in [4.78, 5) is 4.55. The smallest absolute Gasteiger partial charge is 0.130 e. The van der Waals surface area contributed by atoms with Crippen LogP contribution in [0.2, 0.25) is 5.02 Å². The first-order valence-corrected chi connectivity index (χ1v) is 7.64. The first-order valence-electron chi connectivity index (χ1n) is 7.26. The zero-order valence-electron chi connectivity index (χ0n) is 12.1. The van der Waals surface area contributed by atoms with Crippen LogP contribution >= 0.6 is 11.6 Å². The molecule has 0 aliphatic carbocycles. The molecule has 0 amide bonds. The van der Waals surface area contributed by atoms with Gasteiger partial charge in [0.1, 0.15) is 5.82 Å². The molecule has 0 saturated carbocycles. The number of nitrogens with zero attached hydrogens (tertiary/aromatic N) is 2. The molecule has 0 aliphatic rings. The summed E-state index contributed by atoms with van der Waals surface area (Å²) in [6, 6.07) is 8.10. The molecule has 0 radical (unpaired) electrons. The van der Waals surface area contributed by atoms with E-state index in [9.17, 15) is 0 Å². The third-order valence-corrected chi connectivity index (χ3v) is 3.49. The van der Waals surface area contributed by atoms with E-state index < -0.39 is 0 Å². The van der Waals surface area contributed by atoms with Crippen LogP contribution in [0.4, 0.5) is 0 Å². The summed E-state index contributed by atoms with van der Waals surface area (Å²) < 4.78 is 2.22. The van der Waals surface area contributed by atoms with Gasteiger partial charge in [0.05, 0.1) is 6.04 Å². The molecular weight excluding hydrogens is 270 g/mol. The van der Waals surface area contributed by atoms with Crippen LogP contribution in [0.1, 0.15) is 44.1 Å². The Morgan fingerprint density at radius 3 is 2.85 bits per heavy atom. The molecule has 2 aromatic rings. The number of nitrogens with one attached hydrogen (secondary N) is 1. The van der Waals surface area contributed by atoms with Crippen molar-refractivity contribution >= 4 is 11.6 Å². The first kappa shape index (κ1) is 15.1. The number of benzene rings is 1. The van der Waals surface area contributed by atoms with Gasteiger partial charge in [-0.3, -0.25) is 0 Å². The summed E-state index contributed by atoms with van der Waals surface area (Å²) in [7, 11) is 0. The predicted molar refractivity (Wildman–Crippen MR) is 84.1 cm³/mol. The van der Waals surface area contributed by atoms with Gasteiger partial charge in [0.25, 0.3) is 0 Å². The van der Waals surface area contributed by atoms with Gasteiger partial charge < -0.3 is 9.88 Å². The first-order chi connectivity index (χ1) is 9.76. The Hall–Kier alpha value is -1.32. The van der Waals surface area contributed by atoms with Gasteiger partial charge in [-0.15, -0.1) is 0 Å². The monoisotopic (exact) mass is 291 g/mol. The Morgan fingerprint density at radius 1 is 1.30 bits per heavy atom. The van der Waals surface area contributed by atoms with E-state index in [-0.39, 0.29) is 6.04 Å². The molecule has 0 fully saturated rings. The maximum absolute atomic E-state index is 6.13. The van der Waals surface area contributed by atoms with Crippen LogP contribution in [0, 0.1) is 0 Å². The van der Waals surface area contributed by atoms with Crippen LogP contribution in [0.25, 0.3) is 0 Å². The highest BCUT2D eigenvalue weighted by atomic mass is 35.5. The lowest BCUT2D eigenvalue weighted by Gasteiger charge is -2.20. The number of aromatic nitrogens is 2. The van der Waals surface area contributed by atoms with E-state index in [1.807, 2.05) is 30.6 Å². The van der Waals surface area contributed by atoms with Gasteiger partial charge in [-0.05, 0) is 37.1 Å². The van der Waals surface area contributed by atoms with Crippen molar-refractivity contribution in [2.24, 2.45) is 0 Å². The fourth-order valence-electron chi connectivity index (χ4n) is 2.34. The van der Waals surface area contributed by atoms with E-state index in [1.165, 1.54) is 0 Å². The molecule has 1 heterocycles. The third kappa shape index (κ3) is 3.62. The molecule has 1 aromatic carbocycles. The zero-order valence-corrected chi connectivity index (χ0v) is 12.9. The van der Waals surface area contributed by atoms with Crippen molar-refractivity contribution < 1.29 is 0 Å². The summed E-state index contributed by atoms with van der Waals surface area (Å²) in [5.74, 6) is 1.06. The van der Waals surface area contributed by atoms with Crippen molar-refractivity contribution in [3.8, 4) is 0 Å². The Labute approximate surface area is 126 Å². The molecule has 108 valence electrons. The Balaban J connectivity index is 2.33. The number of hydrogen-bond donors (Lipinski definition) is 1. The van der Waals surface area contributed by atoms with Gasteiger partial charge >= 0.3 is 0 Å². The van der Waals surface area contributed by atoms with E-state index in [2.05, 4.69) is 34.8 Å². The van der Waals surface area contributed by atoms with Crippen LogP contribution in [-0.2, 0) is 6.54 Å². The molecule has 1 aromatic heterocycles. The van der Waals surface area contributed by atoms with E-state index >= 15 is 0 Å². The standard InChI is InChI=1S/C16H22ClN3/c1-3-8-18-15(13-6-5-7-14(17)12-13)16-19-9-11-20(16)10-4-2/h5-7,9,11-12,15,18H,3-4,8,10H2,1-2H3. The van der Waals surface area contributed by atoms with Crippen LogP contribution < -0.4 is 5.32 Å².